The van der Waals surface area contributed by atoms with E-state index >= 15 is 0 Å². The van der Waals surface area contributed by atoms with Crippen LogP contribution in [0.1, 0.15) is 22.9 Å². The van der Waals surface area contributed by atoms with Crippen molar-refractivity contribution >= 4 is 29.1 Å². The highest BCUT2D eigenvalue weighted by Crippen LogP contribution is 2.41. The summed E-state index contributed by atoms with van der Waals surface area (Å²) in [5.41, 5.74) is 0.217. The lowest BCUT2D eigenvalue weighted by molar-refractivity contribution is -0.140. The summed E-state index contributed by atoms with van der Waals surface area (Å²) < 4.78 is 19.9. The Morgan fingerprint density at radius 1 is 1.07 bits per heavy atom. The zero-order chi connectivity index (χ0) is 20.5. The second kappa shape index (κ2) is 7.56. The molecular formula is C22H15ClFNO4. The van der Waals surface area contributed by atoms with Crippen molar-refractivity contribution in [2.75, 3.05) is 0 Å². The lowest BCUT2D eigenvalue weighted by Gasteiger charge is -2.24. The molecule has 1 N–H and O–H groups in total. The molecule has 4 rings (SSSR count). The molecule has 0 unspecified atom stereocenters. The predicted octanol–water partition coefficient (Wildman–Crippen LogP) is 4.69. The van der Waals surface area contributed by atoms with E-state index in [1.54, 1.807) is 30.3 Å². The van der Waals surface area contributed by atoms with Gasteiger partial charge < -0.3 is 14.4 Å². The number of hydrogen-bond donors (Lipinski definition) is 1. The third kappa shape index (κ3) is 3.43. The van der Waals surface area contributed by atoms with Gasteiger partial charge in [0, 0.05) is 16.1 Å². The van der Waals surface area contributed by atoms with Crippen molar-refractivity contribution in [1.82, 2.24) is 4.90 Å². The predicted molar refractivity (Wildman–Crippen MR) is 104 cm³/mol. The number of nitrogens with zero attached hydrogens (tertiary/aromatic N) is 1. The summed E-state index contributed by atoms with van der Waals surface area (Å²) in [5, 5.41) is 11.3. The van der Waals surface area contributed by atoms with Gasteiger partial charge in [-0.15, -0.1) is 0 Å². The third-order valence-corrected chi connectivity index (χ3v) is 5.02. The first kappa shape index (κ1) is 19.0. The first-order valence-electron chi connectivity index (χ1n) is 8.78. The van der Waals surface area contributed by atoms with Crippen LogP contribution in [-0.2, 0) is 16.1 Å². The quantitative estimate of drug-likeness (QED) is 0.384. The van der Waals surface area contributed by atoms with Crippen LogP contribution >= 0.6 is 11.6 Å². The fraction of sp³-hybridized carbons (Fsp3) is 0.0909. The van der Waals surface area contributed by atoms with Gasteiger partial charge in [0.05, 0.1) is 24.4 Å². The highest BCUT2D eigenvalue weighted by Gasteiger charge is 2.47. The van der Waals surface area contributed by atoms with E-state index in [0.717, 1.165) is 0 Å². The molecule has 1 fully saturated rings. The van der Waals surface area contributed by atoms with Gasteiger partial charge in [-0.05, 0) is 42.5 Å². The van der Waals surface area contributed by atoms with Crippen molar-refractivity contribution in [2.24, 2.45) is 0 Å². The first-order valence-corrected chi connectivity index (χ1v) is 9.16. The van der Waals surface area contributed by atoms with Gasteiger partial charge in [0.15, 0.2) is 0 Å². The molecule has 1 aromatic heterocycles. The number of aliphatic hydroxyl groups excluding tert-OH is 1. The van der Waals surface area contributed by atoms with Crippen LogP contribution < -0.4 is 0 Å². The molecule has 3 aromatic rings. The van der Waals surface area contributed by atoms with Crippen molar-refractivity contribution in [3.63, 3.8) is 0 Å². The number of rotatable bonds is 4. The second-order valence-corrected chi connectivity index (χ2v) is 6.97. The van der Waals surface area contributed by atoms with E-state index in [9.17, 15) is 19.1 Å². The largest absolute Gasteiger partial charge is 0.507 e. The number of ketones is 1. The Balaban J connectivity index is 1.89. The number of benzene rings is 2. The Labute approximate surface area is 170 Å². The number of halogens is 2. The molecule has 0 radical (unpaired) electrons. The Kier molecular flexibility index (Phi) is 4.94. The van der Waals surface area contributed by atoms with Crippen LogP contribution in [0.25, 0.3) is 5.76 Å². The molecule has 1 atom stereocenters. The molecular weight excluding hydrogens is 397 g/mol. The van der Waals surface area contributed by atoms with Crippen LogP contribution in [0.3, 0.4) is 0 Å². The Hall–Kier alpha value is -3.38. The van der Waals surface area contributed by atoms with E-state index in [1.165, 1.54) is 41.5 Å². The molecule has 1 aliphatic heterocycles. The maximum Gasteiger partial charge on any atom is 0.296 e. The molecule has 29 heavy (non-hydrogen) atoms. The Morgan fingerprint density at radius 2 is 1.79 bits per heavy atom. The number of amides is 1. The van der Waals surface area contributed by atoms with E-state index in [-0.39, 0.29) is 17.7 Å². The van der Waals surface area contributed by atoms with Gasteiger partial charge >= 0.3 is 0 Å². The molecule has 1 aliphatic rings. The Bertz CT molecular complexity index is 1110. The number of hydrogen-bond acceptors (Lipinski definition) is 4. The summed E-state index contributed by atoms with van der Waals surface area (Å²) in [4.78, 5) is 26.8. The van der Waals surface area contributed by atoms with Crippen molar-refractivity contribution in [3.05, 3.63) is 100 Å². The minimum absolute atomic E-state index is 0.0476. The van der Waals surface area contributed by atoms with Gasteiger partial charge in [-0.25, -0.2) is 4.39 Å². The summed E-state index contributed by atoms with van der Waals surface area (Å²) in [6.45, 7) is -0.0476. The molecule has 1 amide bonds. The normalized spacial score (nSPS) is 18.4. The van der Waals surface area contributed by atoms with E-state index in [1.807, 2.05) is 0 Å². The summed E-state index contributed by atoms with van der Waals surface area (Å²) in [6.07, 6.45) is 1.44. The van der Waals surface area contributed by atoms with E-state index in [2.05, 4.69) is 0 Å². The smallest absolute Gasteiger partial charge is 0.296 e. The number of carbonyl (C=O) groups is 2. The van der Waals surface area contributed by atoms with Gasteiger partial charge in [0.2, 0.25) is 0 Å². The fourth-order valence-corrected chi connectivity index (χ4v) is 3.52. The highest BCUT2D eigenvalue weighted by atomic mass is 35.5. The number of furan rings is 1. The zero-order valence-corrected chi connectivity index (χ0v) is 15.8. The van der Waals surface area contributed by atoms with Gasteiger partial charge in [-0.1, -0.05) is 29.8 Å². The van der Waals surface area contributed by atoms with Crippen LogP contribution in [0.15, 0.2) is 76.9 Å². The first-order chi connectivity index (χ1) is 14.0. The van der Waals surface area contributed by atoms with E-state index in [4.69, 9.17) is 16.0 Å². The van der Waals surface area contributed by atoms with E-state index in [0.29, 0.717) is 16.3 Å². The zero-order valence-electron chi connectivity index (χ0n) is 15.0. The number of carbonyl (C=O) groups excluding carboxylic acids is 2. The molecule has 0 spiro atoms. The summed E-state index contributed by atoms with van der Waals surface area (Å²) >= 11 is 5.89. The number of likely N-dealkylation sites (tertiary alicyclic amines) is 1. The molecule has 2 heterocycles. The topological polar surface area (TPSA) is 70.8 Å². The average molecular weight is 412 g/mol. The minimum atomic E-state index is -1.10. The number of Topliss-reactive ketones (excluding diaryl/α,β-unsaturated/α-hetero) is 1. The van der Waals surface area contributed by atoms with Crippen LogP contribution in [0.4, 0.5) is 4.39 Å². The van der Waals surface area contributed by atoms with Crippen molar-refractivity contribution < 1.29 is 23.5 Å². The molecule has 146 valence electrons. The standard InChI is InChI=1S/C22H15ClFNO4/c23-14-9-7-13(8-10-14)20(26)18-19(16-5-1-2-6-17(16)24)25(22(28)21(18)27)12-15-4-3-11-29-15/h1-11,19,26H,12H2/t19-/m1/s1. The SMILES string of the molecule is O=C1C(=O)N(Cc2ccco2)[C@H](c2ccccc2F)C1=C(O)c1ccc(Cl)cc1. The molecule has 5 nitrogen and oxygen atoms in total. The third-order valence-electron chi connectivity index (χ3n) is 4.76. The summed E-state index contributed by atoms with van der Waals surface area (Å²) in [6, 6.07) is 14.2. The van der Waals surface area contributed by atoms with Gasteiger partial charge in [-0.2, -0.15) is 0 Å². The van der Waals surface area contributed by atoms with Crippen molar-refractivity contribution in [3.8, 4) is 0 Å². The van der Waals surface area contributed by atoms with Crippen LogP contribution in [0.2, 0.25) is 5.02 Å². The molecule has 1 saturated heterocycles. The minimum Gasteiger partial charge on any atom is -0.507 e. The van der Waals surface area contributed by atoms with Crippen LogP contribution in [-0.4, -0.2) is 21.7 Å². The van der Waals surface area contributed by atoms with Crippen molar-refractivity contribution in [1.29, 1.82) is 0 Å². The molecule has 0 saturated carbocycles. The lowest BCUT2D eigenvalue weighted by atomic mass is 9.95. The lowest BCUT2D eigenvalue weighted by Crippen LogP contribution is -2.29. The van der Waals surface area contributed by atoms with Gasteiger partial charge in [0.25, 0.3) is 11.7 Å². The number of aliphatic hydroxyl groups is 1. The van der Waals surface area contributed by atoms with Gasteiger partial charge in [0.1, 0.15) is 17.3 Å². The van der Waals surface area contributed by atoms with Gasteiger partial charge in [-0.3, -0.25) is 9.59 Å². The van der Waals surface area contributed by atoms with Crippen molar-refractivity contribution in [2.45, 2.75) is 12.6 Å². The average Bonchev–Trinajstić information content (AvgIpc) is 3.31. The van der Waals surface area contributed by atoms with Crippen LogP contribution in [0, 0.1) is 5.82 Å². The monoisotopic (exact) mass is 411 g/mol. The summed E-state index contributed by atoms with van der Waals surface area (Å²) in [7, 11) is 0. The Morgan fingerprint density at radius 3 is 2.45 bits per heavy atom. The maximum absolute atomic E-state index is 14.6. The molecule has 0 aliphatic carbocycles. The summed E-state index contributed by atoms with van der Waals surface area (Å²) in [5.74, 6) is -2.29. The second-order valence-electron chi connectivity index (χ2n) is 6.53. The molecule has 0 bridgehead atoms. The molecule has 2 aromatic carbocycles. The van der Waals surface area contributed by atoms with Crippen LogP contribution in [0.5, 0.6) is 0 Å². The highest BCUT2D eigenvalue weighted by molar-refractivity contribution is 6.46. The van der Waals surface area contributed by atoms with E-state index < -0.39 is 29.3 Å². The molecule has 7 heteroatoms. The maximum atomic E-state index is 14.6. The fourth-order valence-electron chi connectivity index (χ4n) is 3.40.